The maximum atomic E-state index is 3.57. The molecule has 0 aliphatic carbocycles. The minimum Gasteiger partial charge on any atom is -0.371 e. The molecule has 1 nitrogen and oxygen atoms in total. The van der Waals surface area contributed by atoms with Gasteiger partial charge >= 0.3 is 0 Å². The summed E-state index contributed by atoms with van der Waals surface area (Å²) in [5, 5.41) is 1.03. The molecule has 15 heavy (non-hydrogen) atoms. The van der Waals surface area contributed by atoms with Crippen LogP contribution in [0.5, 0.6) is 0 Å². The van der Waals surface area contributed by atoms with Gasteiger partial charge in [-0.25, -0.2) is 0 Å². The Labute approximate surface area is 102 Å². The lowest BCUT2D eigenvalue weighted by atomic mass is 9.95. The molecule has 1 aromatic rings. The molecule has 1 rings (SSSR count). The lowest BCUT2D eigenvalue weighted by Crippen LogP contribution is -2.35. The van der Waals surface area contributed by atoms with Crippen molar-refractivity contribution in [3.8, 4) is 0 Å². The van der Waals surface area contributed by atoms with Crippen LogP contribution in [-0.4, -0.2) is 18.4 Å². The van der Waals surface area contributed by atoms with E-state index in [0.29, 0.717) is 5.41 Å². The van der Waals surface area contributed by atoms with Crippen molar-refractivity contribution in [1.29, 1.82) is 0 Å². The molecule has 0 N–H and O–H groups in total. The standard InChI is InChI=1S/C13H20BrN/c1-4-15(11-13(2,3)10-14)12-8-6-5-7-9-12/h5-9H,4,10-11H2,1-3H3. The molecule has 0 saturated carbocycles. The van der Waals surface area contributed by atoms with Gasteiger partial charge in [0.15, 0.2) is 0 Å². The van der Waals surface area contributed by atoms with Gasteiger partial charge in [-0.3, -0.25) is 0 Å². The maximum absolute atomic E-state index is 3.57. The summed E-state index contributed by atoms with van der Waals surface area (Å²) in [5.74, 6) is 0. The largest absolute Gasteiger partial charge is 0.371 e. The number of hydrogen-bond donors (Lipinski definition) is 0. The van der Waals surface area contributed by atoms with E-state index in [2.05, 4.69) is 71.9 Å². The van der Waals surface area contributed by atoms with E-state index in [9.17, 15) is 0 Å². The van der Waals surface area contributed by atoms with Crippen LogP contribution in [0.1, 0.15) is 20.8 Å². The summed E-state index contributed by atoms with van der Waals surface area (Å²) < 4.78 is 0. The minimum absolute atomic E-state index is 0.311. The van der Waals surface area contributed by atoms with Crippen molar-refractivity contribution >= 4 is 21.6 Å². The monoisotopic (exact) mass is 269 g/mol. The van der Waals surface area contributed by atoms with Crippen molar-refractivity contribution in [1.82, 2.24) is 0 Å². The number of nitrogens with zero attached hydrogens (tertiary/aromatic N) is 1. The average molecular weight is 270 g/mol. The molecular weight excluding hydrogens is 250 g/mol. The molecule has 0 atom stereocenters. The number of anilines is 1. The van der Waals surface area contributed by atoms with Crippen LogP contribution in [-0.2, 0) is 0 Å². The Morgan fingerprint density at radius 3 is 2.27 bits per heavy atom. The lowest BCUT2D eigenvalue weighted by Gasteiger charge is -2.32. The Hall–Kier alpha value is -0.500. The lowest BCUT2D eigenvalue weighted by molar-refractivity contribution is 0.425. The number of alkyl halides is 1. The maximum Gasteiger partial charge on any atom is 0.0366 e. The highest BCUT2D eigenvalue weighted by Crippen LogP contribution is 2.23. The number of benzene rings is 1. The first-order chi connectivity index (χ1) is 7.09. The molecule has 0 unspecified atom stereocenters. The molecule has 1 aromatic carbocycles. The van der Waals surface area contributed by atoms with Crippen LogP contribution < -0.4 is 4.90 Å². The SMILES string of the molecule is CCN(CC(C)(C)CBr)c1ccccc1. The molecule has 0 spiro atoms. The number of para-hydroxylation sites is 1. The Kier molecular flexibility index (Phi) is 4.65. The van der Waals surface area contributed by atoms with Gasteiger partial charge in [-0.1, -0.05) is 48.0 Å². The summed E-state index contributed by atoms with van der Waals surface area (Å²) in [6.07, 6.45) is 0. The second-order valence-electron chi connectivity index (χ2n) is 4.65. The highest BCUT2D eigenvalue weighted by molar-refractivity contribution is 9.09. The summed E-state index contributed by atoms with van der Waals surface area (Å²) in [4.78, 5) is 2.42. The number of rotatable bonds is 5. The van der Waals surface area contributed by atoms with E-state index in [-0.39, 0.29) is 0 Å². The molecule has 84 valence electrons. The van der Waals surface area contributed by atoms with Gasteiger partial charge in [0.1, 0.15) is 0 Å². The van der Waals surface area contributed by atoms with Crippen LogP contribution in [0.3, 0.4) is 0 Å². The third-order valence-electron chi connectivity index (χ3n) is 2.48. The summed E-state index contributed by atoms with van der Waals surface area (Å²) in [6, 6.07) is 10.6. The second-order valence-corrected chi connectivity index (χ2v) is 5.21. The van der Waals surface area contributed by atoms with Gasteiger partial charge in [0.2, 0.25) is 0 Å². The van der Waals surface area contributed by atoms with Crippen molar-refractivity contribution < 1.29 is 0 Å². The summed E-state index contributed by atoms with van der Waals surface area (Å²) in [5.41, 5.74) is 1.63. The van der Waals surface area contributed by atoms with Gasteiger partial charge in [-0.15, -0.1) is 0 Å². The summed E-state index contributed by atoms with van der Waals surface area (Å²) in [6.45, 7) is 8.91. The van der Waals surface area contributed by atoms with E-state index in [4.69, 9.17) is 0 Å². The fourth-order valence-corrected chi connectivity index (χ4v) is 1.76. The first-order valence-electron chi connectivity index (χ1n) is 5.45. The van der Waals surface area contributed by atoms with Crippen LogP contribution in [0, 0.1) is 5.41 Å². The van der Waals surface area contributed by atoms with Crippen LogP contribution in [0.4, 0.5) is 5.69 Å². The molecule has 0 bridgehead atoms. The smallest absolute Gasteiger partial charge is 0.0366 e. The molecule has 0 amide bonds. The van der Waals surface area contributed by atoms with Crippen LogP contribution in [0.2, 0.25) is 0 Å². The Morgan fingerprint density at radius 1 is 1.20 bits per heavy atom. The zero-order chi connectivity index (χ0) is 11.3. The van der Waals surface area contributed by atoms with Gasteiger partial charge in [-0.2, -0.15) is 0 Å². The first kappa shape index (κ1) is 12.6. The van der Waals surface area contributed by atoms with Crippen molar-refractivity contribution in [3.63, 3.8) is 0 Å². The third-order valence-corrected chi connectivity index (χ3v) is 4.00. The molecule has 0 aromatic heterocycles. The van der Waals surface area contributed by atoms with E-state index in [1.54, 1.807) is 0 Å². The second kappa shape index (κ2) is 5.55. The van der Waals surface area contributed by atoms with Crippen LogP contribution in [0.15, 0.2) is 30.3 Å². The molecule has 0 radical (unpaired) electrons. The van der Waals surface area contributed by atoms with Crippen molar-refractivity contribution in [2.45, 2.75) is 20.8 Å². The van der Waals surface area contributed by atoms with Gasteiger partial charge in [0.25, 0.3) is 0 Å². The highest BCUT2D eigenvalue weighted by Gasteiger charge is 2.19. The fraction of sp³-hybridized carbons (Fsp3) is 0.538. The van der Waals surface area contributed by atoms with E-state index in [0.717, 1.165) is 18.4 Å². The quantitative estimate of drug-likeness (QED) is 0.733. The minimum atomic E-state index is 0.311. The number of hydrogen-bond acceptors (Lipinski definition) is 1. The fourth-order valence-electron chi connectivity index (χ4n) is 1.58. The molecule has 0 saturated heterocycles. The van der Waals surface area contributed by atoms with Gasteiger partial charge in [-0.05, 0) is 24.5 Å². The topological polar surface area (TPSA) is 3.24 Å². The Morgan fingerprint density at radius 2 is 1.80 bits per heavy atom. The van der Waals surface area contributed by atoms with E-state index in [1.807, 2.05) is 0 Å². The van der Waals surface area contributed by atoms with Crippen LogP contribution >= 0.6 is 15.9 Å². The van der Waals surface area contributed by atoms with Gasteiger partial charge in [0.05, 0.1) is 0 Å². The number of halogens is 1. The summed E-state index contributed by atoms with van der Waals surface area (Å²) >= 11 is 3.57. The van der Waals surface area contributed by atoms with Crippen molar-refractivity contribution in [3.05, 3.63) is 30.3 Å². The zero-order valence-corrected chi connectivity index (χ0v) is 11.4. The van der Waals surface area contributed by atoms with Gasteiger partial charge in [0, 0.05) is 24.1 Å². The Bertz CT molecular complexity index is 282. The molecular formula is C13H20BrN. The van der Waals surface area contributed by atoms with E-state index >= 15 is 0 Å². The van der Waals surface area contributed by atoms with Crippen molar-refractivity contribution in [2.75, 3.05) is 23.3 Å². The summed E-state index contributed by atoms with van der Waals surface area (Å²) in [7, 11) is 0. The van der Waals surface area contributed by atoms with E-state index < -0.39 is 0 Å². The Balaban J connectivity index is 2.73. The average Bonchev–Trinajstić information content (AvgIpc) is 2.27. The molecule has 0 aliphatic heterocycles. The molecule has 0 heterocycles. The molecule has 0 fully saturated rings. The normalized spacial score (nSPS) is 11.5. The zero-order valence-electron chi connectivity index (χ0n) is 9.83. The van der Waals surface area contributed by atoms with Crippen molar-refractivity contribution in [2.24, 2.45) is 5.41 Å². The molecule has 2 heteroatoms. The molecule has 0 aliphatic rings. The van der Waals surface area contributed by atoms with Crippen LogP contribution in [0.25, 0.3) is 0 Å². The van der Waals surface area contributed by atoms with Gasteiger partial charge < -0.3 is 4.90 Å². The highest BCUT2D eigenvalue weighted by atomic mass is 79.9. The van der Waals surface area contributed by atoms with E-state index in [1.165, 1.54) is 5.69 Å². The third kappa shape index (κ3) is 3.86. The predicted molar refractivity (Wildman–Crippen MR) is 71.9 cm³/mol. The first-order valence-corrected chi connectivity index (χ1v) is 6.57. The predicted octanol–water partition coefficient (Wildman–Crippen LogP) is 3.93.